The van der Waals surface area contributed by atoms with Crippen LogP contribution in [0, 0.1) is 33.6 Å². The van der Waals surface area contributed by atoms with Crippen molar-refractivity contribution in [3.8, 4) is 0 Å². The monoisotopic (exact) mass is 336 g/mol. The molecule has 130 valence electrons. The Balaban J connectivity index is 1.77. The van der Waals surface area contributed by atoms with Gasteiger partial charge in [0.1, 0.15) is 0 Å². The lowest BCUT2D eigenvalue weighted by atomic mass is 10.1. The number of nitrogens with one attached hydrogen (secondary N) is 1. The van der Waals surface area contributed by atoms with E-state index in [1.54, 1.807) is 4.90 Å². The van der Waals surface area contributed by atoms with E-state index in [1.807, 2.05) is 64.1 Å². The Kier molecular flexibility index (Phi) is 4.62. The second-order valence-corrected chi connectivity index (χ2v) is 6.93. The largest absolute Gasteiger partial charge is 0.326 e. The molecule has 3 rings (SSSR count). The Labute approximate surface area is 148 Å². The van der Waals surface area contributed by atoms with E-state index >= 15 is 0 Å². The van der Waals surface area contributed by atoms with Crippen LogP contribution in [0.3, 0.4) is 0 Å². The van der Waals surface area contributed by atoms with E-state index in [1.165, 1.54) is 0 Å². The van der Waals surface area contributed by atoms with Gasteiger partial charge in [0, 0.05) is 24.3 Å². The molecule has 1 aliphatic rings. The summed E-state index contributed by atoms with van der Waals surface area (Å²) in [4.78, 5) is 26.9. The summed E-state index contributed by atoms with van der Waals surface area (Å²) < 4.78 is 0. The Hall–Kier alpha value is -2.62. The fraction of sp³-hybridized carbons (Fsp3) is 0.333. The highest BCUT2D eigenvalue weighted by Gasteiger charge is 2.35. The SMILES string of the molecule is Cc1ccc(C)c(NC(=O)[C@H]2CC(=O)N(c3cccc(C)c3C)C2)c1. The highest BCUT2D eigenvalue weighted by molar-refractivity contribution is 6.04. The molecule has 1 heterocycles. The van der Waals surface area contributed by atoms with Crippen LogP contribution in [0.25, 0.3) is 0 Å². The number of rotatable bonds is 3. The lowest BCUT2D eigenvalue weighted by Gasteiger charge is -2.20. The fourth-order valence-corrected chi connectivity index (χ4v) is 3.25. The molecule has 0 saturated carbocycles. The van der Waals surface area contributed by atoms with Crippen LogP contribution in [-0.4, -0.2) is 18.4 Å². The van der Waals surface area contributed by atoms with Gasteiger partial charge in [-0.3, -0.25) is 9.59 Å². The fourth-order valence-electron chi connectivity index (χ4n) is 3.25. The molecule has 1 saturated heterocycles. The first kappa shape index (κ1) is 17.2. The number of carbonyl (C=O) groups excluding carboxylic acids is 2. The molecular formula is C21H24N2O2. The number of anilines is 2. The molecule has 2 amide bonds. The molecule has 2 aromatic rings. The van der Waals surface area contributed by atoms with Gasteiger partial charge in [-0.25, -0.2) is 0 Å². The first-order valence-corrected chi connectivity index (χ1v) is 8.61. The van der Waals surface area contributed by atoms with E-state index in [2.05, 4.69) is 5.32 Å². The molecule has 2 aromatic carbocycles. The predicted molar refractivity (Wildman–Crippen MR) is 101 cm³/mol. The van der Waals surface area contributed by atoms with Crippen LogP contribution < -0.4 is 10.2 Å². The summed E-state index contributed by atoms with van der Waals surface area (Å²) in [7, 11) is 0. The molecular weight excluding hydrogens is 312 g/mol. The van der Waals surface area contributed by atoms with Gasteiger partial charge < -0.3 is 10.2 Å². The maximum Gasteiger partial charge on any atom is 0.229 e. The topological polar surface area (TPSA) is 49.4 Å². The highest BCUT2D eigenvalue weighted by Crippen LogP contribution is 2.30. The predicted octanol–water partition coefficient (Wildman–Crippen LogP) is 3.91. The molecule has 25 heavy (non-hydrogen) atoms. The van der Waals surface area contributed by atoms with Gasteiger partial charge in [-0.1, -0.05) is 24.3 Å². The van der Waals surface area contributed by atoms with E-state index in [9.17, 15) is 9.59 Å². The normalized spacial score (nSPS) is 17.0. The highest BCUT2D eigenvalue weighted by atomic mass is 16.2. The number of amides is 2. The van der Waals surface area contributed by atoms with E-state index < -0.39 is 0 Å². The summed E-state index contributed by atoms with van der Waals surface area (Å²) in [6.07, 6.45) is 0.254. The number of benzene rings is 2. The molecule has 0 bridgehead atoms. The zero-order valence-electron chi connectivity index (χ0n) is 15.2. The van der Waals surface area contributed by atoms with Crippen molar-refractivity contribution < 1.29 is 9.59 Å². The minimum absolute atomic E-state index is 0.00909. The number of hydrogen-bond acceptors (Lipinski definition) is 2. The summed E-state index contributed by atoms with van der Waals surface area (Å²) in [6.45, 7) is 8.44. The Morgan fingerprint density at radius 2 is 1.84 bits per heavy atom. The minimum atomic E-state index is -0.327. The third-order valence-corrected chi connectivity index (χ3v) is 5.01. The summed E-state index contributed by atoms with van der Waals surface area (Å²) in [6, 6.07) is 11.9. The van der Waals surface area contributed by atoms with Crippen molar-refractivity contribution in [2.24, 2.45) is 5.92 Å². The van der Waals surface area contributed by atoms with Gasteiger partial charge in [0.2, 0.25) is 11.8 Å². The van der Waals surface area contributed by atoms with Crippen LogP contribution in [0.15, 0.2) is 36.4 Å². The van der Waals surface area contributed by atoms with Gasteiger partial charge in [-0.15, -0.1) is 0 Å². The van der Waals surface area contributed by atoms with Gasteiger partial charge in [-0.2, -0.15) is 0 Å². The first-order chi connectivity index (χ1) is 11.9. The minimum Gasteiger partial charge on any atom is -0.326 e. The summed E-state index contributed by atoms with van der Waals surface area (Å²) in [5.74, 6) is -0.406. The Morgan fingerprint density at radius 3 is 2.60 bits per heavy atom. The van der Waals surface area contributed by atoms with E-state index in [4.69, 9.17) is 0 Å². The number of hydrogen-bond donors (Lipinski definition) is 1. The molecule has 0 aliphatic carbocycles. The quantitative estimate of drug-likeness (QED) is 0.924. The van der Waals surface area contributed by atoms with Crippen LogP contribution in [-0.2, 0) is 9.59 Å². The number of carbonyl (C=O) groups is 2. The van der Waals surface area contributed by atoms with Crippen molar-refractivity contribution in [1.82, 2.24) is 0 Å². The molecule has 1 aliphatic heterocycles. The average molecular weight is 336 g/mol. The van der Waals surface area contributed by atoms with Gasteiger partial charge >= 0.3 is 0 Å². The van der Waals surface area contributed by atoms with Crippen molar-refractivity contribution in [2.75, 3.05) is 16.8 Å². The molecule has 0 unspecified atom stereocenters. The van der Waals surface area contributed by atoms with E-state index in [0.717, 1.165) is 33.6 Å². The molecule has 1 atom stereocenters. The van der Waals surface area contributed by atoms with Crippen LogP contribution in [0.2, 0.25) is 0 Å². The van der Waals surface area contributed by atoms with Crippen LogP contribution in [0.4, 0.5) is 11.4 Å². The lowest BCUT2D eigenvalue weighted by Crippen LogP contribution is -2.28. The van der Waals surface area contributed by atoms with Crippen molar-refractivity contribution in [1.29, 1.82) is 0 Å². The van der Waals surface area contributed by atoms with Gasteiger partial charge in [-0.05, 0) is 62.1 Å². The van der Waals surface area contributed by atoms with E-state index in [-0.39, 0.29) is 24.2 Å². The summed E-state index contributed by atoms with van der Waals surface area (Å²) >= 11 is 0. The van der Waals surface area contributed by atoms with Crippen LogP contribution in [0.5, 0.6) is 0 Å². The molecule has 1 fully saturated rings. The smallest absolute Gasteiger partial charge is 0.229 e. The van der Waals surface area contributed by atoms with Crippen molar-refractivity contribution in [3.05, 3.63) is 58.7 Å². The van der Waals surface area contributed by atoms with Crippen molar-refractivity contribution >= 4 is 23.2 Å². The van der Waals surface area contributed by atoms with Crippen LogP contribution in [0.1, 0.15) is 28.7 Å². The second kappa shape index (κ2) is 6.71. The van der Waals surface area contributed by atoms with Crippen molar-refractivity contribution in [3.63, 3.8) is 0 Å². The summed E-state index contributed by atoms with van der Waals surface area (Å²) in [5.41, 5.74) is 6.09. The molecule has 0 spiro atoms. The third-order valence-electron chi connectivity index (χ3n) is 5.01. The Morgan fingerprint density at radius 1 is 1.08 bits per heavy atom. The summed E-state index contributed by atoms with van der Waals surface area (Å²) in [5, 5.41) is 2.99. The van der Waals surface area contributed by atoms with Gasteiger partial charge in [0.15, 0.2) is 0 Å². The molecule has 0 aromatic heterocycles. The average Bonchev–Trinajstić information content (AvgIpc) is 2.95. The van der Waals surface area contributed by atoms with E-state index in [0.29, 0.717) is 6.54 Å². The van der Waals surface area contributed by atoms with Gasteiger partial charge in [0.25, 0.3) is 0 Å². The number of nitrogens with zero attached hydrogens (tertiary/aromatic N) is 1. The lowest BCUT2D eigenvalue weighted by molar-refractivity contribution is -0.122. The zero-order chi connectivity index (χ0) is 18.1. The molecule has 0 radical (unpaired) electrons. The van der Waals surface area contributed by atoms with Crippen LogP contribution >= 0.6 is 0 Å². The van der Waals surface area contributed by atoms with Gasteiger partial charge in [0.05, 0.1) is 5.92 Å². The maximum absolute atomic E-state index is 12.7. The molecule has 4 nitrogen and oxygen atoms in total. The maximum atomic E-state index is 12.7. The standard InChI is InChI=1S/C21H24N2O2/c1-13-8-9-15(3)18(10-13)22-21(25)17-11-20(24)23(12-17)19-7-5-6-14(2)16(19)4/h5-10,17H,11-12H2,1-4H3,(H,22,25)/t17-/m0/s1. The number of aryl methyl sites for hydroxylation is 3. The third kappa shape index (κ3) is 3.43. The van der Waals surface area contributed by atoms with Crippen molar-refractivity contribution in [2.45, 2.75) is 34.1 Å². The second-order valence-electron chi connectivity index (χ2n) is 6.93. The first-order valence-electron chi connectivity index (χ1n) is 8.61. The molecule has 1 N–H and O–H groups in total. The zero-order valence-corrected chi connectivity index (χ0v) is 15.2. The molecule has 4 heteroatoms. The Bertz CT molecular complexity index is 842.